The summed E-state index contributed by atoms with van der Waals surface area (Å²) in [5, 5.41) is 5.05. The molecule has 0 bridgehead atoms. The average Bonchev–Trinajstić information content (AvgIpc) is 3.11. The largest absolute Gasteiger partial charge is 0.256 e. The Morgan fingerprint density at radius 1 is 0.273 bits per heavy atom. The van der Waals surface area contributed by atoms with E-state index in [1.165, 1.54) is 66.1 Å². The van der Waals surface area contributed by atoms with E-state index in [2.05, 4.69) is 164 Å². The van der Waals surface area contributed by atoms with Crippen molar-refractivity contribution in [1.29, 1.82) is 0 Å². The SMILES string of the molecule is c1ccc(-c2ccnc(-c3ccc(-c4ccc5c(-c6ccccc6)c6ccccc6c(-c6ccccc6)c5c4)cc3)c2)cc1. The lowest BCUT2D eigenvalue weighted by molar-refractivity contribution is 1.33. The number of fused-ring (bicyclic) bond motifs is 2. The van der Waals surface area contributed by atoms with Gasteiger partial charge in [-0.25, -0.2) is 0 Å². The van der Waals surface area contributed by atoms with Crippen LogP contribution in [0.2, 0.25) is 0 Å². The van der Waals surface area contributed by atoms with Crippen molar-refractivity contribution in [1.82, 2.24) is 4.98 Å². The zero-order valence-corrected chi connectivity index (χ0v) is 24.2. The molecule has 0 amide bonds. The predicted molar refractivity (Wildman–Crippen MR) is 186 cm³/mol. The third-order valence-electron chi connectivity index (χ3n) is 8.53. The third-order valence-corrected chi connectivity index (χ3v) is 8.53. The molecule has 0 spiro atoms. The molecule has 0 aliphatic carbocycles. The van der Waals surface area contributed by atoms with Crippen LogP contribution in [0.15, 0.2) is 176 Å². The fourth-order valence-electron chi connectivity index (χ4n) is 6.42. The van der Waals surface area contributed by atoms with E-state index in [1.807, 2.05) is 12.3 Å². The van der Waals surface area contributed by atoms with Crippen molar-refractivity contribution < 1.29 is 0 Å². The molecule has 0 unspecified atom stereocenters. The van der Waals surface area contributed by atoms with E-state index in [4.69, 9.17) is 4.98 Å². The summed E-state index contributed by atoms with van der Waals surface area (Å²) >= 11 is 0. The molecule has 0 radical (unpaired) electrons. The van der Waals surface area contributed by atoms with Crippen molar-refractivity contribution in [2.45, 2.75) is 0 Å². The molecular formula is C43H29N. The maximum Gasteiger partial charge on any atom is 0.0708 e. The number of hydrogen-bond donors (Lipinski definition) is 0. The first kappa shape index (κ1) is 25.9. The van der Waals surface area contributed by atoms with E-state index in [0.717, 1.165) is 11.3 Å². The molecular weight excluding hydrogens is 530 g/mol. The Morgan fingerprint density at radius 2 is 0.705 bits per heavy atom. The van der Waals surface area contributed by atoms with Crippen molar-refractivity contribution in [3.05, 3.63) is 176 Å². The van der Waals surface area contributed by atoms with Gasteiger partial charge >= 0.3 is 0 Å². The first-order chi connectivity index (χ1) is 21.8. The molecule has 8 rings (SSSR count). The van der Waals surface area contributed by atoms with E-state index in [1.54, 1.807) is 0 Å². The predicted octanol–water partition coefficient (Wildman–Crippen LogP) is 11.7. The van der Waals surface area contributed by atoms with E-state index >= 15 is 0 Å². The smallest absolute Gasteiger partial charge is 0.0708 e. The van der Waals surface area contributed by atoms with E-state index < -0.39 is 0 Å². The summed E-state index contributed by atoms with van der Waals surface area (Å²) in [5.41, 5.74) is 11.8. The first-order valence-corrected chi connectivity index (χ1v) is 15.0. The molecule has 0 N–H and O–H groups in total. The molecule has 0 saturated carbocycles. The van der Waals surface area contributed by atoms with Gasteiger partial charge in [-0.3, -0.25) is 4.98 Å². The lowest BCUT2D eigenvalue weighted by Crippen LogP contribution is -1.91. The third kappa shape index (κ3) is 4.65. The van der Waals surface area contributed by atoms with Crippen molar-refractivity contribution in [3.63, 3.8) is 0 Å². The van der Waals surface area contributed by atoms with Crippen molar-refractivity contribution in [2.75, 3.05) is 0 Å². The molecule has 1 heterocycles. The molecule has 0 aliphatic heterocycles. The highest BCUT2D eigenvalue weighted by Gasteiger charge is 2.17. The highest BCUT2D eigenvalue weighted by atomic mass is 14.7. The second-order valence-electron chi connectivity index (χ2n) is 11.2. The van der Waals surface area contributed by atoms with Crippen molar-refractivity contribution in [2.24, 2.45) is 0 Å². The monoisotopic (exact) mass is 559 g/mol. The van der Waals surface area contributed by atoms with Gasteiger partial charge in [-0.1, -0.05) is 152 Å². The number of benzene rings is 7. The second kappa shape index (κ2) is 11.1. The van der Waals surface area contributed by atoms with Crippen LogP contribution in [0.1, 0.15) is 0 Å². The van der Waals surface area contributed by atoms with E-state index in [0.29, 0.717) is 0 Å². The highest BCUT2D eigenvalue weighted by molar-refractivity contribution is 6.21. The zero-order chi connectivity index (χ0) is 29.3. The Bertz CT molecular complexity index is 2230. The van der Waals surface area contributed by atoms with Gasteiger partial charge in [-0.2, -0.15) is 0 Å². The fraction of sp³-hybridized carbons (Fsp3) is 0. The summed E-state index contributed by atoms with van der Waals surface area (Å²) in [4.78, 5) is 4.69. The van der Waals surface area contributed by atoms with E-state index in [9.17, 15) is 0 Å². The standard InChI is InChI=1S/C43H29N/c1-4-12-30(13-5-1)36-26-27-44-41(29-36)32-22-20-31(21-23-32)35-24-25-39-40(28-35)43(34-16-8-3-9-17-34)38-19-11-10-18-37(38)42(39)33-14-6-2-7-15-33/h1-29H. The normalized spacial score (nSPS) is 11.2. The van der Waals surface area contributed by atoms with Crippen LogP contribution in [-0.2, 0) is 0 Å². The first-order valence-electron chi connectivity index (χ1n) is 15.0. The minimum Gasteiger partial charge on any atom is -0.256 e. The Labute approximate surface area is 257 Å². The van der Waals surface area contributed by atoms with Gasteiger partial charge in [-0.15, -0.1) is 0 Å². The molecule has 0 atom stereocenters. The summed E-state index contributed by atoms with van der Waals surface area (Å²) < 4.78 is 0. The number of rotatable bonds is 5. The van der Waals surface area contributed by atoms with Crippen molar-refractivity contribution in [3.8, 4) is 55.8 Å². The Balaban J connectivity index is 1.29. The van der Waals surface area contributed by atoms with Gasteiger partial charge < -0.3 is 0 Å². The number of pyridine rings is 1. The topological polar surface area (TPSA) is 12.9 Å². The van der Waals surface area contributed by atoms with Crippen LogP contribution in [-0.4, -0.2) is 4.98 Å². The summed E-state index contributed by atoms with van der Waals surface area (Å²) in [7, 11) is 0. The van der Waals surface area contributed by atoms with Crippen LogP contribution in [0.5, 0.6) is 0 Å². The van der Waals surface area contributed by atoms with Gasteiger partial charge in [0.25, 0.3) is 0 Å². The molecule has 8 aromatic rings. The average molecular weight is 560 g/mol. The molecule has 206 valence electrons. The van der Waals surface area contributed by atoms with Gasteiger partial charge in [0.1, 0.15) is 0 Å². The lowest BCUT2D eigenvalue weighted by Gasteiger charge is -2.18. The minimum atomic E-state index is 0.974. The lowest BCUT2D eigenvalue weighted by atomic mass is 9.85. The van der Waals surface area contributed by atoms with Crippen LogP contribution in [0, 0.1) is 0 Å². The van der Waals surface area contributed by atoms with Gasteiger partial charge in [0.05, 0.1) is 5.69 Å². The fourth-order valence-corrected chi connectivity index (χ4v) is 6.42. The minimum absolute atomic E-state index is 0.974. The molecule has 0 fully saturated rings. The summed E-state index contributed by atoms with van der Waals surface area (Å²) in [6, 6.07) is 60.9. The Morgan fingerprint density at radius 3 is 1.32 bits per heavy atom. The van der Waals surface area contributed by atoms with Gasteiger partial charge in [0, 0.05) is 11.8 Å². The maximum absolute atomic E-state index is 4.69. The summed E-state index contributed by atoms with van der Waals surface area (Å²) in [5.74, 6) is 0. The van der Waals surface area contributed by atoms with Crippen LogP contribution in [0.25, 0.3) is 77.3 Å². The van der Waals surface area contributed by atoms with Crippen LogP contribution in [0.4, 0.5) is 0 Å². The van der Waals surface area contributed by atoms with Crippen molar-refractivity contribution >= 4 is 21.5 Å². The Kier molecular flexibility index (Phi) is 6.55. The second-order valence-corrected chi connectivity index (χ2v) is 11.2. The van der Waals surface area contributed by atoms with Crippen LogP contribution in [0.3, 0.4) is 0 Å². The number of aromatic nitrogens is 1. The maximum atomic E-state index is 4.69. The summed E-state index contributed by atoms with van der Waals surface area (Å²) in [6.45, 7) is 0. The summed E-state index contributed by atoms with van der Waals surface area (Å²) in [6.07, 6.45) is 1.90. The molecule has 1 nitrogen and oxygen atoms in total. The van der Waals surface area contributed by atoms with Gasteiger partial charge in [0.15, 0.2) is 0 Å². The van der Waals surface area contributed by atoms with E-state index in [-0.39, 0.29) is 0 Å². The zero-order valence-electron chi connectivity index (χ0n) is 24.2. The highest BCUT2D eigenvalue weighted by Crippen LogP contribution is 2.44. The number of hydrogen-bond acceptors (Lipinski definition) is 1. The molecule has 0 aliphatic rings. The molecule has 0 saturated heterocycles. The van der Waals surface area contributed by atoms with Gasteiger partial charge in [0.2, 0.25) is 0 Å². The van der Waals surface area contributed by atoms with Crippen LogP contribution >= 0.6 is 0 Å². The Hall–Kier alpha value is -5.79. The van der Waals surface area contributed by atoms with Gasteiger partial charge in [-0.05, 0) is 84.3 Å². The quantitative estimate of drug-likeness (QED) is 0.191. The van der Waals surface area contributed by atoms with Crippen LogP contribution < -0.4 is 0 Å². The molecule has 1 aromatic heterocycles. The molecule has 1 heteroatoms. The number of nitrogens with zero attached hydrogens (tertiary/aromatic N) is 1. The molecule has 44 heavy (non-hydrogen) atoms. The molecule has 7 aromatic carbocycles.